The molecule has 1 spiro atoms. The second kappa shape index (κ2) is 4.72. The van der Waals surface area contributed by atoms with Gasteiger partial charge in [-0.1, -0.05) is 6.42 Å². The van der Waals surface area contributed by atoms with Gasteiger partial charge >= 0.3 is 0 Å². The minimum Gasteiger partial charge on any atom is -0.448 e. The third-order valence-electron chi connectivity index (χ3n) is 7.03. The first-order valence-corrected chi connectivity index (χ1v) is 9.30. The van der Waals surface area contributed by atoms with Crippen molar-refractivity contribution in [1.82, 2.24) is 5.32 Å². The summed E-state index contributed by atoms with van der Waals surface area (Å²) in [6.45, 7) is 0. The Hall–Kier alpha value is -1.06. The zero-order valence-electron chi connectivity index (χ0n) is 13.2. The van der Waals surface area contributed by atoms with Crippen molar-refractivity contribution >= 4 is 11.9 Å². The summed E-state index contributed by atoms with van der Waals surface area (Å²) in [5.41, 5.74) is -0.580. The van der Waals surface area contributed by atoms with E-state index >= 15 is 0 Å². The molecule has 0 aromatic heterocycles. The van der Waals surface area contributed by atoms with Gasteiger partial charge in [0.15, 0.2) is 5.60 Å². The quantitative estimate of drug-likeness (QED) is 0.809. The van der Waals surface area contributed by atoms with E-state index in [-0.39, 0.29) is 5.91 Å². The van der Waals surface area contributed by atoms with Crippen LogP contribution in [-0.2, 0) is 9.53 Å². The smallest absolute Gasteiger partial charge is 0.292 e. The largest absolute Gasteiger partial charge is 0.448 e. The summed E-state index contributed by atoms with van der Waals surface area (Å²) in [4.78, 5) is 17.3. The van der Waals surface area contributed by atoms with Crippen molar-refractivity contribution in [2.45, 2.75) is 75.9 Å². The molecular weight excluding hydrogens is 276 g/mol. The number of rotatable bonds is 1. The summed E-state index contributed by atoms with van der Waals surface area (Å²) in [6.07, 6.45) is 12.0. The van der Waals surface area contributed by atoms with Crippen LogP contribution in [0.4, 0.5) is 0 Å². The van der Waals surface area contributed by atoms with Crippen molar-refractivity contribution in [3.8, 4) is 0 Å². The molecule has 0 aromatic carbocycles. The molecule has 1 N–H and O–H groups in total. The first-order chi connectivity index (χ1) is 10.7. The van der Waals surface area contributed by atoms with Gasteiger partial charge < -0.3 is 4.74 Å². The fourth-order valence-electron chi connectivity index (χ4n) is 6.22. The molecule has 0 radical (unpaired) electrons. The molecule has 0 unspecified atom stereocenters. The summed E-state index contributed by atoms with van der Waals surface area (Å²) in [7, 11) is 0. The van der Waals surface area contributed by atoms with Gasteiger partial charge in [-0.05, 0) is 81.5 Å². The highest BCUT2D eigenvalue weighted by Crippen LogP contribution is 2.54. The second-order valence-electron chi connectivity index (χ2n) is 8.47. The van der Waals surface area contributed by atoms with Gasteiger partial charge in [0.05, 0.1) is 6.04 Å². The van der Waals surface area contributed by atoms with Crippen LogP contribution in [0.5, 0.6) is 0 Å². The Kier molecular flexibility index (Phi) is 2.87. The van der Waals surface area contributed by atoms with E-state index in [0.717, 1.165) is 49.4 Å². The van der Waals surface area contributed by atoms with Gasteiger partial charge in [0.1, 0.15) is 0 Å². The Morgan fingerprint density at radius 2 is 1.59 bits per heavy atom. The van der Waals surface area contributed by atoms with E-state index in [1.165, 1.54) is 38.5 Å². The van der Waals surface area contributed by atoms with Crippen LogP contribution in [0.25, 0.3) is 0 Å². The molecule has 22 heavy (non-hydrogen) atoms. The third-order valence-corrected chi connectivity index (χ3v) is 7.03. The molecule has 6 fully saturated rings. The number of carbonyl (C=O) groups excluding carboxylic acids is 1. The zero-order valence-corrected chi connectivity index (χ0v) is 13.2. The minimum atomic E-state index is -0.580. The molecule has 1 aliphatic heterocycles. The van der Waals surface area contributed by atoms with E-state index in [1.807, 2.05) is 0 Å². The van der Waals surface area contributed by atoms with E-state index < -0.39 is 5.60 Å². The van der Waals surface area contributed by atoms with E-state index in [1.54, 1.807) is 0 Å². The van der Waals surface area contributed by atoms with Gasteiger partial charge in [0, 0.05) is 0 Å². The van der Waals surface area contributed by atoms with Crippen molar-refractivity contribution in [3.05, 3.63) is 0 Å². The Labute approximate surface area is 132 Å². The van der Waals surface area contributed by atoms with Crippen molar-refractivity contribution in [2.24, 2.45) is 28.7 Å². The summed E-state index contributed by atoms with van der Waals surface area (Å²) in [6, 6.07) is 0.950. The first-order valence-electron chi connectivity index (χ1n) is 9.30. The summed E-state index contributed by atoms with van der Waals surface area (Å²) >= 11 is 0. The van der Waals surface area contributed by atoms with Crippen LogP contribution >= 0.6 is 0 Å². The second-order valence-corrected chi connectivity index (χ2v) is 8.47. The topological polar surface area (TPSA) is 50.7 Å². The Morgan fingerprint density at radius 3 is 2.23 bits per heavy atom. The average molecular weight is 302 g/mol. The lowest BCUT2D eigenvalue weighted by molar-refractivity contribution is -0.133. The van der Waals surface area contributed by atoms with Crippen molar-refractivity contribution < 1.29 is 9.53 Å². The normalized spacial score (nSPS) is 47.0. The molecule has 0 aromatic rings. The Balaban J connectivity index is 1.37. The third kappa shape index (κ3) is 1.95. The van der Waals surface area contributed by atoms with Crippen LogP contribution in [0.2, 0.25) is 0 Å². The number of amidine groups is 1. The number of nitrogens with zero attached hydrogens (tertiary/aromatic N) is 1. The summed E-state index contributed by atoms with van der Waals surface area (Å²) in [5, 5.41) is 2.96. The molecule has 6 aliphatic rings. The van der Waals surface area contributed by atoms with Crippen LogP contribution in [0, 0.1) is 23.7 Å². The number of nitrogens with one attached hydrogen (secondary N) is 1. The van der Waals surface area contributed by atoms with Gasteiger partial charge in [-0.25, -0.2) is 4.99 Å². The molecule has 5 saturated carbocycles. The number of ether oxygens (including phenoxy) is 1. The highest BCUT2D eigenvalue weighted by Gasteiger charge is 2.51. The predicted octanol–water partition coefficient (Wildman–Crippen LogP) is 3.02. The van der Waals surface area contributed by atoms with E-state index in [0.29, 0.717) is 12.1 Å². The number of carbonyl (C=O) groups is 1. The van der Waals surface area contributed by atoms with Crippen LogP contribution in [0.3, 0.4) is 0 Å². The van der Waals surface area contributed by atoms with E-state index in [4.69, 9.17) is 9.73 Å². The van der Waals surface area contributed by atoms with E-state index in [2.05, 4.69) is 5.32 Å². The predicted molar refractivity (Wildman–Crippen MR) is 83.3 cm³/mol. The van der Waals surface area contributed by atoms with Crippen LogP contribution < -0.4 is 5.32 Å². The maximum atomic E-state index is 12.4. The lowest BCUT2D eigenvalue weighted by Gasteiger charge is -2.52. The standard InChI is InChI=1S/C18H26N2O2/c21-16-18(4-2-1-3-5-18)22-17(20-16)19-15-13-7-11-6-12(9-13)10-14(15)8-11/h11-15H,1-10H2,(H,19,20,21). The van der Waals surface area contributed by atoms with Gasteiger partial charge in [0.25, 0.3) is 11.9 Å². The maximum absolute atomic E-state index is 12.4. The molecular formula is C18H26N2O2. The highest BCUT2D eigenvalue weighted by molar-refractivity contribution is 6.04. The molecule has 1 heterocycles. The minimum absolute atomic E-state index is 0.0646. The Bertz CT molecular complexity index is 493. The molecule has 1 amide bonds. The van der Waals surface area contributed by atoms with Gasteiger partial charge in [-0.2, -0.15) is 0 Å². The number of aliphatic imine (C=N–C) groups is 1. The van der Waals surface area contributed by atoms with Gasteiger partial charge in [-0.3, -0.25) is 10.1 Å². The molecule has 4 heteroatoms. The Morgan fingerprint density at radius 1 is 0.955 bits per heavy atom. The van der Waals surface area contributed by atoms with Crippen LogP contribution in [-0.4, -0.2) is 23.6 Å². The van der Waals surface area contributed by atoms with Crippen LogP contribution in [0.15, 0.2) is 4.99 Å². The lowest BCUT2D eigenvalue weighted by Crippen LogP contribution is -2.48. The van der Waals surface area contributed by atoms with Crippen molar-refractivity contribution in [1.29, 1.82) is 0 Å². The molecule has 4 nitrogen and oxygen atoms in total. The first kappa shape index (κ1) is 13.4. The van der Waals surface area contributed by atoms with Crippen LogP contribution in [0.1, 0.15) is 64.2 Å². The highest BCUT2D eigenvalue weighted by atomic mass is 16.5. The SMILES string of the molecule is O=C1NC(=NC2C3CC4CC(C3)CC2C4)OC12CCCCC2. The fourth-order valence-corrected chi connectivity index (χ4v) is 6.22. The van der Waals surface area contributed by atoms with Crippen molar-refractivity contribution in [2.75, 3.05) is 0 Å². The molecule has 0 atom stereocenters. The van der Waals surface area contributed by atoms with Gasteiger partial charge in [-0.15, -0.1) is 0 Å². The maximum Gasteiger partial charge on any atom is 0.292 e. The molecule has 4 bridgehead atoms. The number of amides is 1. The van der Waals surface area contributed by atoms with Crippen molar-refractivity contribution in [3.63, 3.8) is 0 Å². The molecule has 6 rings (SSSR count). The molecule has 1 saturated heterocycles. The number of hydrogen-bond acceptors (Lipinski definition) is 3. The molecule has 5 aliphatic carbocycles. The number of hydrogen-bond donors (Lipinski definition) is 1. The average Bonchev–Trinajstić information content (AvgIpc) is 2.79. The lowest BCUT2D eigenvalue weighted by atomic mass is 9.54. The van der Waals surface area contributed by atoms with Gasteiger partial charge in [0.2, 0.25) is 0 Å². The zero-order chi connectivity index (χ0) is 14.7. The monoisotopic (exact) mass is 302 g/mol. The molecule has 120 valence electrons. The van der Waals surface area contributed by atoms with E-state index in [9.17, 15) is 4.79 Å². The summed E-state index contributed by atoms with van der Waals surface area (Å²) < 4.78 is 6.10. The summed E-state index contributed by atoms with van der Waals surface area (Å²) in [5.74, 6) is 3.47. The fraction of sp³-hybridized carbons (Fsp3) is 0.889.